The molecular weight excluding hydrogens is 198 g/mol. The number of nitriles is 1. The number of rotatable bonds is 3. The van der Waals surface area contributed by atoms with E-state index in [4.69, 9.17) is 16.9 Å². The number of alkyl halides is 1. The molecule has 0 bridgehead atoms. The summed E-state index contributed by atoms with van der Waals surface area (Å²) in [6.45, 7) is 1.86. The number of aliphatic hydroxyl groups is 1. The normalized spacial score (nSPS) is 37.9. The van der Waals surface area contributed by atoms with Gasteiger partial charge in [-0.3, -0.25) is 0 Å². The summed E-state index contributed by atoms with van der Waals surface area (Å²) < 4.78 is 0. The molecule has 1 aliphatic rings. The van der Waals surface area contributed by atoms with Crippen molar-refractivity contribution in [2.24, 2.45) is 11.8 Å². The van der Waals surface area contributed by atoms with Gasteiger partial charge in [0.15, 0.2) is 0 Å². The van der Waals surface area contributed by atoms with E-state index in [1.165, 1.54) is 0 Å². The Balaban J connectivity index is 2.65. The fraction of sp³-hybridized carbons (Fsp3) is 0.909. The molecule has 0 unspecified atom stereocenters. The molecule has 1 rings (SSSR count). The van der Waals surface area contributed by atoms with Crippen molar-refractivity contribution in [3.63, 3.8) is 0 Å². The van der Waals surface area contributed by atoms with Gasteiger partial charge in [-0.2, -0.15) is 5.26 Å². The maximum atomic E-state index is 10.2. The van der Waals surface area contributed by atoms with Crippen molar-refractivity contribution >= 4 is 11.6 Å². The zero-order valence-corrected chi connectivity index (χ0v) is 9.43. The van der Waals surface area contributed by atoms with Crippen molar-refractivity contribution in [3.8, 4) is 6.07 Å². The molecule has 14 heavy (non-hydrogen) atoms. The fourth-order valence-electron chi connectivity index (χ4n) is 2.46. The largest absolute Gasteiger partial charge is 0.390 e. The Hall–Kier alpha value is -0.260. The smallest absolute Gasteiger partial charge is 0.0660 e. The summed E-state index contributed by atoms with van der Waals surface area (Å²) in [5, 5.41) is 19.2. The number of hydrogen-bond donors (Lipinski definition) is 1. The van der Waals surface area contributed by atoms with Crippen molar-refractivity contribution in [1.29, 1.82) is 5.26 Å². The third-order valence-electron chi connectivity index (χ3n) is 3.30. The zero-order valence-electron chi connectivity index (χ0n) is 8.67. The predicted octanol–water partition coefficient (Wildman–Crippen LogP) is 2.70. The summed E-state index contributed by atoms with van der Waals surface area (Å²) in [7, 11) is 0. The van der Waals surface area contributed by atoms with Crippen LogP contribution in [-0.2, 0) is 0 Å². The van der Waals surface area contributed by atoms with E-state index >= 15 is 0 Å². The van der Waals surface area contributed by atoms with Gasteiger partial charge in [-0.25, -0.2) is 0 Å². The minimum absolute atomic E-state index is 0.0157. The second-order valence-corrected chi connectivity index (χ2v) is 4.80. The molecule has 0 aromatic rings. The van der Waals surface area contributed by atoms with E-state index in [2.05, 4.69) is 6.07 Å². The Kier molecular flexibility index (Phi) is 4.22. The van der Waals surface area contributed by atoms with E-state index in [0.717, 1.165) is 32.1 Å². The summed E-state index contributed by atoms with van der Waals surface area (Å²) in [4.78, 5) is 0. The van der Waals surface area contributed by atoms with Gasteiger partial charge in [0.1, 0.15) is 0 Å². The van der Waals surface area contributed by atoms with Crippen molar-refractivity contribution in [3.05, 3.63) is 0 Å². The van der Waals surface area contributed by atoms with Crippen molar-refractivity contribution in [2.45, 2.75) is 44.6 Å². The summed E-state index contributed by atoms with van der Waals surface area (Å²) in [5.41, 5.74) is -0.662. The molecular formula is C11H18ClNO. The van der Waals surface area contributed by atoms with E-state index in [0.29, 0.717) is 5.88 Å². The zero-order chi connectivity index (χ0) is 10.6. The van der Waals surface area contributed by atoms with Gasteiger partial charge in [-0.1, -0.05) is 0 Å². The molecule has 3 heteroatoms. The topological polar surface area (TPSA) is 44.0 Å². The molecule has 0 heterocycles. The summed E-state index contributed by atoms with van der Waals surface area (Å²) in [6, 6.07) is 2.32. The molecule has 0 radical (unpaired) electrons. The molecule has 0 aliphatic heterocycles. The average Bonchev–Trinajstić information content (AvgIpc) is 2.14. The second-order valence-electron chi connectivity index (χ2n) is 4.42. The lowest BCUT2D eigenvalue weighted by Crippen LogP contribution is -2.42. The third-order valence-corrected chi connectivity index (χ3v) is 3.56. The van der Waals surface area contributed by atoms with E-state index in [1.807, 2.05) is 6.92 Å². The van der Waals surface area contributed by atoms with Crippen LogP contribution in [0.25, 0.3) is 0 Å². The lowest BCUT2D eigenvalue weighted by Gasteiger charge is -2.40. The molecule has 1 aliphatic carbocycles. The Morgan fingerprint density at radius 3 is 2.93 bits per heavy atom. The fourth-order valence-corrected chi connectivity index (χ4v) is 2.62. The van der Waals surface area contributed by atoms with E-state index in [1.54, 1.807) is 0 Å². The maximum Gasteiger partial charge on any atom is 0.0660 e. The van der Waals surface area contributed by atoms with E-state index in [-0.39, 0.29) is 11.8 Å². The number of halogens is 1. The molecule has 0 saturated heterocycles. The van der Waals surface area contributed by atoms with Gasteiger partial charge in [0.2, 0.25) is 0 Å². The van der Waals surface area contributed by atoms with E-state index < -0.39 is 5.60 Å². The first kappa shape index (κ1) is 11.8. The first-order valence-corrected chi connectivity index (χ1v) is 5.83. The average molecular weight is 216 g/mol. The predicted molar refractivity (Wildman–Crippen MR) is 57.0 cm³/mol. The van der Waals surface area contributed by atoms with Crippen LogP contribution in [-0.4, -0.2) is 16.6 Å². The lowest BCUT2D eigenvalue weighted by molar-refractivity contribution is -0.0509. The highest BCUT2D eigenvalue weighted by Gasteiger charge is 2.40. The van der Waals surface area contributed by atoms with Crippen LogP contribution in [0.5, 0.6) is 0 Å². The molecule has 80 valence electrons. The lowest BCUT2D eigenvalue weighted by atomic mass is 9.68. The molecule has 1 saturated carbocycles. The van der Waals surface area contributed by atoms with Gasteiger partial charge < -0.3 is 5.11 Å². The van der Waals surface area contributed by atoms with Gasteiger partial charge in [-0.05, 0) is 39.0 Å². The molecule has 2 nitrogen and oxygen atoms in total. The number of nitrogens with zero attached hydrogens (tertiary/aromatic N) is 1. The van der Waals surface area contributed by atoms with Crippen molar-refractivity contribution in [2.75, 3.05) is 5.88 Å². The van der Waals surface area contributed by atoms with Gasteiger partial charge in [0, 0.05) is 11.8 Å². The second kappa shape index (κ2) is 5.00. The van der Waals surface area contributed by atoms with Crippen molar-refractivity contribution < 1.29 is 5.11 Å². The van der Waals surface area contributed by atoms with Crippen molar-refractivity contribution in [1.82, 2.24) is 0 Å². The summed E-state index contributed by atoms with van der Waals surface area (Å²) in [6.07, 6.45) is 4.47. The molecule has 0 aromatic heterocycles. The Labute approximate surface area is 90.9 Å². The molecule has 1 fully saturated rings. The molecule has 0 aromatic carbocycles. The molecule has 1 N–H and O–H groups in total. The van der Waals surface area contributed by atoms with Gasteiger partial charge in [-0.15, -0.1) is 11.6 Å². The van der Waals surface area contributed by atoms with Crippen LogP contribution in [0.15, 0.2) is 0 Å². The van der Waals surface area contributed by atoms with Crippen LogP contribution in [0, 0.1) is 23.2 Å². The maximum absolute atomic E-state index is 10.2. The van der Waals surface area contributed by atoms with E-state index in [9.17, 15) is 5.11 Å². The van der Waals surface area contributed by atoms with Crippen LogP contribution in [0.3, 0.4) is 0 Å². The Morgan fingerprint density at radius 1 is 1.64 bits per heavy atom. The Morgan fingerprint density at radius 2 is 2.36 bits per heavy atom. The minimum Gasteiger partial charge on any atom is -0.390 e. The molecule has 3 atom stereocenters. The molecule has 0 amide bonds. The SMILES string of the molecule is C[C@@]1(O)CCC[C@@H](C#N)[C@@H]1CCCCl. The van der Waals surface area contributed by atoms with Crippen LogP contribution in [0.2, 0.25) is 0 Å². The summed E-state index contributed by atoms with van der Waals surface area (Å²) >= 11 is 5.64. The standard InChI is InChI=1S/C11H18ClNO/c1-11(14)6-2-4-9(8-13)10(11)5-3-7-12/h9-10,14H,2-7H2,1H3/t9-,10-,11+/m0/s1. The highest BCUT2D eigenvalue weighted by molar-refractivity contribution is 6.17. The van der Waals surface area contributed by atoms with Crippen LogP contribution >= 0.6 is 11.6 Å². The van der Waals surface area contributed by atoms with Crippen LogP contribution in [0.4, 0.5) is 0 Å². The van der Waals surface area contributed by atoms with Crippen LogP contribution < -0.4 is 0 Å². The van der Waals surface area contributed by atoms with Crippen LogP contribution in [0.1, 0.15) is 39.0 Å². The van der Waals surface area contributed by atoms with Gasteiger partial charge in [0.05, 0.1) is 17.6 Å². The minimum atomic E-state index is -0.662. The highest BCUT2D eigenvalue weighted by Crippen LogP contribution is 2.40. The number of hydrogen-bond acceptors (Lipinski definition) is 2. The van der Waals surface area contributed by atoms with Gasteiger partial charge in [0.25, 0.3) is 0 Å². The first-order valence-electron chi connectivity index (χ1n) is 5.30. The third kappa shape index (κ3) is 2.62. The highest BCUT2D eigenvalue weighted by atomic mass is 35.5. The monoisotopic (exact) mass is 215 g/mol. The quantitative estimate of drug-likeness (QED) is 0.736. The summed E-state index contributed by atoms with van der Waals surface area (Å²) in [5.74, 6) is 0.743. The Bertz CT molecular complexity index is 222. The molecule has 0 spiro atoms. The first-order chi connectivity index (χ1) is 6.61. The van der Waals surface area contributed by atoms with Gasteiger partial charge >= 0.3 is 0 Å².